The Balaban J connectivity index is 2.71. The first-order chi connectivity index (χ1) is 9.21. The van der Waals surface area contributed by atoms with Crippen LogP contribution in [-0.4, -0.2) is 26.2 Å². The number of benzene rings is 1. The SMILES string of the molecule is C#CCNC(=NCc1ccc(OC)c(Br)c1)NCC. The molecule has 102 valence electrons. The van der Waals surface area contributed by atoms with Crippen LogP contribution < -0.4 is 15.4 Å². The molecule has 0 heterocycles. The number of aliphatic imine (C=N–C) groups is 1. The van der Waals surface area contributed by atoms with Gasteiger partial charge in [0, 0.05) is 6.54 Å². The molecule has 0 amide bonds. The van der Waals surface area contributed by atoms with Crippen molar-refractivity contribution < 1.29 is 4.74 Å². The summed E-state index contributed by atoms with van der Waals surface area (Å²) in [6, 6.07) is 5.89. The minimum atomic E-state index is 0.456. The zero-order chi connectivity index (χ0) is 14.1. The smallest absolute Gasteiger partial charge is 0.192 e. The molecule has 0 fully saturated rings. The van der Waals surface area contributed by atoms with Gasteiger partial charge in [-0.3, -0.25) is 0 Å². The number of guanidine groups is 1. The molecule has 0 radical (unpaired) electrons. The normalized spacial score (nSPS) is 10.7. The van der Waals surface area contributed by atoms with Crippen molar-refractivity contribution in [1.29, 1.82) is 0 Å². The van der Waals surface area contributed by atoms with Crippen LogP contribution in [0, 0.1) is 12.3 Å². The van der Waals surface area contributed by atoms with Crippen molar-refractivity contribution in [3.05, 3.63) is 28.2 Å². The lowest BCUT2D eigenvalue weighted by Crippen LogP contribution is -2.37. The van der Waals surface area contributed by atoms with E-state index in [-0.39, 0.29) is 0 Å². The number of nitrogens with zero attached hydrogens (tertiary/aromatic N) is 1. The zero-order valence-electron chi connectivity index (χ0n) is 11.2. The minimum absolute atomic E-state index is 0.456. The van der Waals surface area contributed by atoms with E-state index in [1.165, 1.54) is 0 Å². The lowest BCUT2D eigenvalue weighted by molar-refractivity contribution is 0.412. The highest BCUT2D eigenvalue weighted by Gasteiger charge is 2.01. The van der Waals surface area contributed by atoms with E-state index in [0.29, 0.717) is 19.0 Å². The summed E-state index contributed by atoms with van der Waals surface area (Å²) in [4.78, 5) is 4.46. The van der Waals surface area contributed by atoms with E-state index >= 15 is 0 Å². The van der Waals surface area contributed by atoms with Crippen molar-refractivity contribution in [3.8, 4) is 18.1 Å². The largest absolute Gasteiger partial charge is 0.496 e. The number of methoxy groups -OCH3 is 1. The van der Waals surface area contributed by atoms with Gasteiger partial charge in [0.05, 0.1) is 24.7 Å². The van der Waals surface area contributed by atoms with Gasteiger partial charge in [0.1, 0.15) is 5.75 Å². The summed E-state index contributed by atoms with van der Waals surface area (Å²) < 4.78 is 6.11. The molecule has 0 aliphatic heterocycles. The number of ether oxygens (including phenoxy) is 1. The fraction of sp³-hybridized carbons (Fsp3) is 0.357. The Morgan fingerprint density at radius 2 is 2.26 bits per heavy atom. The number of terminal acetylenes is 1. The summed E-state index contributed by atoms with van der Waals surface area (Å²) in [5.41, 5.74) is 1.09. The maximum atomic E-state index is 5.22. The average Bonchev–Trinajstić information content (AvgIpc) is 2.42. The molecule has 19 heavy (non-hydrogen) atoms. The third-order valence-electron chi connectivity index (χ3n) is 2.34. The van der Waals surface area contributed by atoms with Gasteiger partial charge in [0.2, 0.25) is 0 Å². The van der Waals surface area contributed by atoms with Gasteiger partial charge < -0.3 is 15.4 Å². The molecule has 0 atom stereocenters. The molecule has 0 saturated carbocycles. The molecule has 0 bridgehead atoms. The molecule has 0 aliphatic rings. The molecule has 0 aromatic heterocycles. The Kier molecular flexibility index (Phi) is 6.83. The lowest BCUT2D eigenvalue weighted by atomic mass is 10.2. The van der Waals surface area contributed by atoms with Gasteiger partial charge in [-0.1, -0.05) is 12.0 Å². The van der Waals surface area contributed by atoms with Crippen LogP contribution in [0.5, 0.6) is 5.75 Å². The van der Waals surface area contributed by atoms with Gasteiger partial charge in [-0.2, -0.15) is 0 Å². The van der Waals surface area contributed by atoms with Gasteiger partial charge in [0.15, 0.2) is 5.96 Å². The first-order valence-electron chi connectivity index (χ1n) is 5.99. The van der Waals surface area contributed by atoms with E-state index in [4.69, 9.17) is 11.2 Å². The first-order valence-corrected chi connectivity index (χ1v) is 6.78. The van der Waals surface area contributed by atoms with Gasteiger partial charge in [-0.05, 0) is 40.5 Å². The molecular formula is C14H18BrN3O. The molecular weight excluding hydrogens is 306 g/mol. The van der Waals surface area contributed by atoms with Crippen LogP contribution in [0.15, 0.2) is 27.7 Å². The molecule has 1 aromatic carbocycles. The van der Waals surface area contributed by atoms with Crippen LogP contribution in [-0.2, 0) is 6.54 Å². The van der Waals surface area contributed by atoms with Crippen LogP contribution in [0.1, 0.15) is 12.5 Å². The number of hydrogen-bond donors (Lipinski definition) is 2. The quantitative estimate of drug-likeness (QED) is 0.496. The number of rotatable bonds is 5. The van der Waals surface area contributed by atoms with Crippen LogP contribution in [0.2, 0.25) is 0 Å². The van der Waals surface area contributed by atoms with Gasteiger partial charge in [0.25, 0.3) is 0 Å². The molecule has 4 nitrogen and oxygen atoms in total. The predicted octanol–water partition coefficient (Wildman–Crippen LogP) is 2.15. The standard InChI is InChI=1S/C14H18BrN3O/c1-4-8-17-14(16-5-2)18-10-11-6-7-13(19-3)12(15)9-11/h1,6-7,9H,5,8,10H2,2-3H3,(H2,16,17,18). The summed E-state index contributed by atoms with van der Waals surface area (Å²) in [6.07, 6.45) is 5.22. The predicted molar refractivity (Wildman–Crippen MR) is 82.3 cm³/mol. The monoisotopic (exact) mass is 323 g/mol. The van der Waals surface area contributed by atoms with Crippen LogP contribution in [0.25, 0.3) is 0 Å². The van der Waals surface area contributed by atoms with Gasteiger partial charge in [-0.25, -0.2) is 4.99 Å². The molecule has 0 aliphatic carbocycles. The average molecular weight is 324 g/mol. The van der Waals surface area contributed by atoms with E-state index in [1.807, 2.05) is 25.1 Å². The molecule has 5 heteroatoms. The highest BCUT2D eigenvalue weighted by Crippen LogP contribution is 2.25. The third-order valence-corrected chi connectivity index (χ3v) is 2.96. The maximum Gasteiger partial charge on any atom is 0.192 e. The summed E-state index contributed by atoms with van der Waals surface area (Å²) in [5.74, 6) is 4.05. The second kappa shape index (κ2) is 8.44. The van der Waals surface area contributed by atoms with Crippen molar-refractivity contribution in [3.63, 3.8) is 0 Å². The summed E-state index contributed by atoms with van der Waals surface area (Å²) in [6.45, 7) is 3.83. The van der Waals surface area contributed by atoms with Crippen molar-refractivity contribution in [2.45, 2.75) is 13.5 Å². The molecule has 0 saturated heterocycles. The highest BCUT2D eigenvalue weighted by molar-refractivity contribution is 9.10. The fourth-order valence-corrected chi connectivity index (χ4v) is 2.04. The van der Waals surface area contributed by atoms with Gasteiger partial charge >= 0.3 is 0 Å². The second-order valence-electron chi connectivity index (χ2n) is 3.72. The Morgan fingerprint density at radius 3 is 2.84 bits per heavy atom. The number of nitrogens with one attached hydrogen (secondary N) is 2. The molecule has 1 aromatic rings. The Bertz CT molecular complexity index is 480. The molecule has 0 unspecified atom stereocenters. The topological polar surface area (TPSA) is 45.7 Å². The third kappa shape index (κ3) is 5.23. The minimum Gasteiger partial charge on any atom is -0.496 e. The van der Waals surface area contributed by atoms with E-state index < -0.39 is 0 Å². The molecule has 2 N–H and O–H groups in total. The molecule has 0 spiro atoms. The van der Waals surface area contributed by atoms with Crippen LogP contribution in [0.4, 0.5) is 0 Å². The molecule has 1 rings (SSSR count). The van der Waals surface area contributed by atoms with E-state index in [0.717, 1.165) is 22.3 Å². The maximum absolute atomic E-state index is 5.22. The highest BCUT2D eigenvalue weighted by atomic mass is 79.9. The second-order valence-corrected chi connectivity index (χ2v) is 4.58. The summed E-state index contributed by atoms with van der Waals surface area (Å²) >= 11 is 3.46. The Hall–Kier alpha value is -1.67. The van der Waals surface area contributed by atoms with Crippen molar-refractivity contribution in [2.24, 2.45) is 4.99 Å². The first kappa shape index (κ1) is 15.4. The summed E-state index contributed by atoms with van der Waals surface area (Å²) in [7, 11) is 1.64. The Labute approximate surface area is 122 Å². The van der Waals surface area contributed by atoms with Crippen molar-refractivity contribution in [1.82, 2.24) is 10.6 Å². The fourth-order valence-electron chi connectivity index (χ4n) is 1.46. The van der Waals surface area contributed by atoms with E-state index in [2.05, 4.69) is 37.5 Å². The van der Waals surface area contributed by atoms with Crippen molar-refractivity contribution >= 4 is 21.9 Å². The Morgan fingerprint density at radius 1 is 1.47 bits per heavy atom. The van der Waals surface area contributed by atoms with Crippen molar-refractivity contribution in [2.75, 3.05) is 20.2 Å². The summed E-state index contributed by atoms with van der Waals surface area (Å²) in [5, 5.41) is 6.18. The number of halogens is 1. The van der Waals surface area contributed by atoms with E-state index in [9.17, 15) is 0 Å². The lowest BCUT2D eigenvalue weighted by Gasteiger charge is -2.09. The van der Waals surface area contributed by atoms with Crippen LogP contribution in [0.3, 0.4) is 0 Å². The number of hydrogen-bond acceptors (Lipinski definition) is 2. The van der Waals surface area contributed by atoms with Gasteiger partial charge in [-0.15, -0.1) is 6.42 Å². The van der Waals surface area contributed by atoms with E-state index in [1.54, 1.807) is 7.11 Å². The zero-order valence-corrected chi connectivity index (χ0v) is 12.8. The van der Waals surface area contributed by atoms with Crippen LogP contribution >= 0.6 is 15.9 Å².